The lowest BCUT2D eigenvalue weighted by Gasteiger charge is -1.97. The summed E-state index contributed by atoms with van der Waals surface area (Å²) in [5.74, 6) is 1.40. The fourth-order valence-electron chi connectivity index (χ4n) is 1.39. The first kappa shape index (κ1) is 10.5. The largest absolute Gasteiger partial charge is 0.368 e. The highest BCUT2D eigenvalue weighted by atomic mass is 32.2. The molecule has 3 rings (SSSR count). The quantitative estimate of drug-likeness (QED) is 0.707. The highest BCUT2D eigenvalue weighted by molar-refractivity contribution is 7.98. The Bertz CT molecular complexity index is 659. The average molecular weight is 264 g/mol. The highest BCUT2D eigenvalue weighted by Crippen LogP contribution is 2.22. The van der Waals surface area contributed by atoms with E-state index >= 15 is 0 Å². The van der Waals surface area contributed by atoms with E-state index in [-0.39, 0.29) is 0 Å². The minimum absolute atomic E-state index is 0.301. The molecule has 17 heavy (non-hydrogen) atoms. The predicted molar refractivity (Wildman–Crippen MR) is 68.1 cm³/mol. The Hall–Kier alpha value is -1.67. The summed E-state index contributed by atoms with van der Waals surface area (Å²) in [6, 6.07) is 3.91. The number of thioether (sulfide) groups is 1. The summed E-state index contributed by atoms with van der Waals surface area (Å²) < 4.78 is 1.45. The van der Waals surface area contributed by atoms with Gasteiger partial charge in [-0.05, 0) is 17.7 Å². The molecule has 8 heteroatoms. The molecule has 0 saturated heterocycles. The Morgan fingerprint density at radius 1 is 1.35 bits per heavy atom. The van der Waals surface area contributed by atoms with Crippen molar-refractivity contribution in [3.05, 3.63) is 17.5 Å². The molecular formula is C9H8N6S2. The summed E-state index contributed by atoms with van der Waals surface area (Å²) in [5, 5.41) is 6.86. The average Bonchev–Trinajstić information content (AvgIpc) is 2.96. The molecule has 2 N–H and O–H groups in total. The zero-order valence-corrected chi connectivity index (χ0v) is 10.5. The zero-order chi connectivity index (χ0) is 11.8. The van der Waals surface area contributed by atoms with Crippen molar-refractivity contribution in [3.63, 3.8) is 0 Å². The van der Waals surface area contributed by atoms with Crippen LogP contribution in [-0.2, 0) is 0 Å². The summed E-state index contributed by atoms with van der Waals surface area (Å²) in [5.41, 5.74) is 5.80. The Kier molecular flexibility index (Phi) is 2.45. The van der Waals surface area contributed by atoms with E-state index in [0.717, 1.165) is 4.88 Å². The second-order valence-corrected chi connectivity index (χ2v) is 4.91. The van der Waals surface area contributed by atoms with Gasteiger partial charge in [-0.3, -0.25) is 0 Å². The van der Waals surface area contributed by atoms with E-state index < -0.39 is 0 Å². The van der Waals surface area contributed by atoms with Crippen LogP contribution in [0.4, 0.5) is 5.95 Å². The first-order chi connectivity index (χ1) is 8.28. The van der Waals surface area contributed by atoms with Crippen molar-refractivity contribution >= 4 is 34.8 Å². The minimum atomic E-state index is 0.301. The van der Waals surface area contributed by atoms with E-state index in [0.29, 0.717) is 22.7 Å². The van der Waals surface area contributed by atoms with Crippen molar-refractivity contribution in [2.45, 2.75) is 5.16 Å². The molecule has 0 spiro atoms. The number of thiophene rings is 1. The van der Waals surface area contributed by atoms with Gasteiger partial charge < -0.3 is 5.73 Å². The van der Waals surface area contributed by atoms with Gasteiger partial charge in [0.1, 0.15) is 0 Å². The topological polar surface area (TPSA) is 82.0 Å². The van der Waals surface area contributed by atoms with Gasteiger partial charge in [0, 0.05) is 0 Å². The van der Waals surface area contributed by atoms with Crippen molar-refractivity contribution in [1.82, 2.24) is 24.6 Å². The van der Waals surface area contributed by atoms with Gasteiger partial charge in [-0.25, -0.2) is 0 Å². The van der Waals surface area contributed by atoms with E-state index in [2.05, 4.69) is 20.1 Å². The molecule has 0 bridgehead atoms. The molecular weight excluding hydrogens is 256 g/mol. The lowest BCUT2D eigenvalue weighted by Crippen LogP contribution is -2.04. The van der Waals surface area contributed by atoms with Gasteiger partial charge in [0.2, 0.25) is 5.95 Å². The number of rotatable bonds is 2. The molecule has 0 aromatic carbocycles. The van der Waals surface area contributed by atoms with Crippen molar-refractivity contribution < 1.29 is 0 Å². The molecule has 3 heterocycles. The van der Waals surface area contributed by atoms with Crippen LogP contribution in [0.25, 0.3) is 16.5 Å². The van der Waals surface area contributed by atoms with Crippen LogP contribution < -0.4 is 5.73 Å². The number of hydrogen-bond acceptors (Lipinski definition) is 7. The molecule has 0 unspecified atom stereocenters. The Morgan fingerprint density at radius 3 is 2.94 bits per heavy atom. The van der Waals surface area contributed by atoms with Gasteiger partial charge in [-0.1, -0.05) is 17.8 Å². The summed E-state index contributed by atoms with van der Waals surface area (Å²) in [7, 11) is 0. The normalized spacial score (nSPS) is 11.1. The highest BCUT2D eigenvalue weighted by Gasteiger charge is 2.12. The molecule has 0 radical (unpaired) electrons. The number of nitrogens with two attached hydrogens (primary N) is 1. The Morgan fingerprint density at radius 2 is 2.24 bits per heavy atom. The van der Waals surface area contributed by atoms with Crippen molar-refractivity contribution in [1.29, 1.82) is 0 Å². The van der Waals surface area contributed by atoms with E-state index in [4.69, 9.17) is 5.73 Å². The van der Waals surface area contributed by atoms with Gasteiger partial charge in [0.05, 0.1) is 4.88 Å². The summed E-state index contributed by atoms with van der Waals surface area (Å²) in [6.07, 6.45) is 1.89. The molecule has 0 atom stereocenters. The molecule has 0 aliphatic rings. The number of nitrogen functional groups attached to an aromatic ring is 1. The van der Waals surface area contributed by atoms with Gasteiger partial charge in [-0.2, -0.15) is 19.5 Å². The molecule has 0 saturated carbocycles. The van der Waals surface area contributed by atoms with Gasteiger partial charge in [0.15, 0.2) is 11.0 Å². The van der Waals surface area contributed by atoms with Crippen molar-refractivity contribution in [2.75, 3.05) is 12.0 Å². The van der Waals surface area contributed by atoms with Crippen LogP contribution >= 0.6 is 23.1 Å². The first-order valence-electron chi connectivity index (χ1n) is 4.76. The Balaban J connectivity index is 2.22. The minimum Gasteiger partial charge on any atom is -0.368 e. The molecule has 6 nitrogen and oxygen atoms in total. The van der Waals surface area contributed by atoms with Gasteiger partial charge >= 0.3 is 0 Å². The first-order valence-corrected chi connectivity index (χ1v) is 6.86. The fraction of sp³-hybridized carbons (Fsp3) is 0.111. The maximum atomic E-state index is 5.80. The molecule has 0 amide bonds. The predicted octanol–water partition coefficient (Wildman–Crippen LogP) is 1.55. The molecule has 86 valence electrons. The lowest BCUT2D eigenvalue weighted by atomic mass is 10.4. The van der Waals surface area contributed by atoms with Crippen LogP contribution in [0.1, 0.15) is 0 Å². The third-order valence-electron chi connectivity index (χ3n) is 2.14. The third kappa shape index (κ3) is 1.75. The van der Waals surface area contributed by atoms with Crippen LogP contribution in [0.3, 0.4) is 0 Å². The van der Waals surface area contributed by atoms with Crippen LogP contribution in [0, 0.1) is 0 Å². The lowest BCUT2D eigenvalue weighted by molar-refractivity contribution is 0.851. The van der Waals surface area contributed by atoms with E-state index in [1.54, 1.807) is 11.3 Å². The maximum Gasteiger partial charge on any atom is 0.258 e. The molecule has 0 aliphatic heterocycles. The second kappa shape index (κ2) is 3.97. The fourth-order valence-corrected chi connectivity index (χ4v) is 2.40. The molecule has 0 aliphatic carbocycles. The molecule has 0 fully saturated rings. The van der Waals surface area contributed by atoms with Gasteiger partial charge in [-0.15, -0.1) is 16.4 Å². The van der Waals surface area contributed by atoms with Crippen LogP contribution in [-0.4, -0.2) is 30.8 Å². The Labute approximate surface area is 105 Å². The standard InChI is InChI=1S/C9H8N6S2/c1-16-9-12-7(10)15-8(13-9)11-6(14-15)5-3-2-4-17-5/h2-4H,1H3,(H2,10,11,12,13,14). The van der Waals surface area contributed by atoms with Gasteiger partial charge in [0.25, 0.3) is 5.78 Å². The van der Waals surface area contributed by atoms with E-state index in [1.165, 1.54) is 16.3 Å². The van der Waals surface area contributed by atoms with E-state index in [9.17, 15) is 0 Å². The van der Waals surface area contributed by atoms with Crippen LogP contribution in [0.2, 0.25) is 0 Å². The SMILES string of the molecule is CSc1nc(N)n2nc(-c3cccs3)nc2n1. The van der Waals surface area contributed by atoms with E-state index in [1.807, 2.05) is 23.8 Å². The molecule has 3 aromatic heterocycles. The number of fused-ring (bicyclic) bond motifs is 1. The second-order valence-electron chi connectivity index (χ2n) is 3.19. The summed E-state index contributed by atoms with van der Waals surface area (Å²) >= 11 is 3.00. The molecule has 3 aromatic rings. The smallest absolute Gasteiger partial charge is 0.258 e. The maximum absolute atomic E-state index is 5.80. The zero-order valence-electron chi connectivity index (χ0n) is 8.86. The number of aromatic nitrogens is 5. The van der Waals surface area contributed by atoms with Crippen LogP contribution in [0.5, 0.6) is 0 Å². The van der Waals surface area contributed by atoms with Crippen molar-refractivity contribution in [2.24, 2.45) is 0 Å². The number of anilines is 1. The monoisotopic (exact) mass is 264 g/mol. The summed E-state index contributed by atoms with van der Waals surface area (Å²) in [6.45, 7) is 0. The summed E-state index contributed by atoms with van der Waals surface area (Å²) in [4.78, 5) is 13.7. The third-order valence-corrected chi connectivity index (χ3v) is 3.55. The van der Waals surface area contributed by atoms with Crippen molar-refractivity contribution in [3.8, 4) is 10.7 Å². The number of nitrogens with zero attached hydrogens (tertiary/aromatic N) is 5. The van der Waals surface area contributed by atoms with Crippen LogP contribution in [0.15, 0.2) is 22.7 Å². The number of hydrogen-bond donors (Lipinski definition) is 1.